The van der Waals surface area contributed by atoms with Gasteiger partial charge in [0.2, 0.25) is 5.91 Å². The molecule has 1 aromatic carbocycles. The third kappa shape index (κ3) is 4.65. The Bertz CT molecular complexity index is 568. The van der Waals surface area contributed by atoms with Gasteiger partial charge in [0.1, 0.15) is 0 Å². The molecule has 1 N–H and O–H groups in total. The number of carbonyl (C=O) groups is 1. The van der Waals surface area contributed by atoms with Crippen molar-refractivity contribution < 1.29 is 19.0 Å². The summed E-state index contributed by atoms with van der Waals surface area (Å²) in [5.41, 5.74) is 0.646. The Morgan fingerprint density at radius 2 is 2.09 bits per heavy atom. The summed E-state index contributed by atoms with van der Waals surface area (Å²) in [6.45, 7) is 0.533. The maximum absolute atomic E-state index is 12.0. The van der Waals surface area contributed by atoms with Crippen molar-refractivity contribution in [3.63, 3.8) is 0 Å². The molecule has 5 nitrogen and oxygen atoms in total. The molecule has 1 aromatic rings. The van der Waals surface area contributed by atoms with Gasteiger partial charge in [-0.2, -0.15) is 11.8 Å². The molecule has 6 heteroatoms. The van der Waals surface area contributed by atoms with Crippen LogP contribution >= 0.6 is 11.8 Å². The Kier molecular flexibility index (Phi) is 6.36. The number of hydrogen-bond acceptors (Lipinski definition) is 5. The molecule has 0 radical (unpaired) electrons. The van der Waals surface area contributed by atoms with Gasteiger partial charge in [-0.05, 0) is 35.9 Å². The molecule has 1 heterocycles. The third-order valence-electron chi connectivity index (χ3n) is 3.92. The van der Waals surface area contributed by atoms with Crippen LogP contribution in [0.15, 0.2) is 24.3 Å². The highest BCUT2D eigenvalue weighted by Crippen LogP contribution is 2.30. The second-order valence-electron chi connectivity index (χ2n) is 5.36. The highest BCUT2D eigenvalue weighted by atomic mass is 32.2. The molecule has 1 unspecified atom stereocenters. The molecule has 1 aliphatic heterocycles. The molecule has 0 aromatic heterocycles. The van der Waals surface area contributed by atoms with Gasteiger partial charge < -0.3 is 19.5 Å². The SMILES string of the molecule is COc1ccc(/C=C/C(=O)NCC2(OC)CCSC2)cc1OC. The van der Waals surface area contributed by atoms with Crippen molar-refractivity contribution in [3.8, 4) is 11.5 Å². The first-order valence-electron chi connectivity index (χ1n) is 7.43. The summed E-state index contributed by atoms with van der Waals surface area (Å²) in [6.07, 6.45) is 4.24. The van der Waals surface area contributed by atoms with Crippen molar-refractivity contribution in [2.24, 2.45) is 0 Å². The number of amides is 1. The Morgan fingerprint density at radius 3 is 2.70 bits per heavy atom. The fourth-order valence-electron chi connectivity index (χ4n) is 2.40. The van der Waals surface area contributed by atoms with E-state index in [0.717, 1.165) is 23.5 Å². The van der Waals surface area contributed by atoms with Crippen LogP contribution in [0.4, 0.5) is 0 Å². The average molecular weight is 337 g/mol. The minimum atomic E-state index is -0.225. The second-order valence-corrected chi connectivity index (χ2v) is 6.46. The summed E-state index contributed by atoms with van der Waals surface area (Å²) in [5.74, 6) is 3.16. The fraction of sp³-hybridized carbons (Fsp3) is 0.471. The van der Waals surface area contributed by atoms with Gasteiger partial charge in [-0.1, -0.05) is 6.07 Å². The zero-order valence-corrected chi connectivity index (χ0v) is 14.6. The van der Waals surface area contributed by atoms with Gasteiger partial charge in [0.25, 0.3) is 0 Å². The van der Waals surface area contributed by atoms with E-state index in [2.05, 4.69) is 5.32 Å². The first-order valence-corrected chi connectivity index (χ1v) is 8.59. The van der Waals surface area contributed by atoms with Crippen molar-refractivity contribution in [2.45, 2.75) is 12.0 Å². The molecular formula is C17H23NO4S. The summed E-state index contributed by atoms with van der Waals surface area (Å²) in [5, 5.41) is 2.92. The van der Waals surface area contributed by atoms with Crippen molar-refractivity contribution in [2.75, 3.05) is 39.4 Å². The van der Waals surface area contributed by atoms with Crippen molar-refractivity contribution >= 4 is 23.7 Å². The zero-order valence-electron chi connectivity index (χ0n) is 13.8. The number of rotatable bonds is 7. The van der Waals surface area contributed by atoms with Gasteiger partial charge in [-0.15, -0.1) is 0 Å². The summed E-state index contributed by atoms with van der Waals surface area (Å²) in [6, 6.07) is 5.51. The molecule has 1 amide bonds. The van der Waals surface area contributed by atoms with Crippen molar-refractivity contribution in [1.29, 1.82) is 0 Å². The molecule has 1 saturated heterocycles. The quantitative estimate of drug-likeness (QED) is 0.774. The molecule has 2 rings (SSSR count). The summed E-state index contributed by atoms with van der Waals surface area (Å²) in [4.78, 5) is 12.0. The van der Waals surface area contributed by atoms with Crippen LogP contribution in [0.3, 0.4) is 0 Å². The van der Waals surface area contributed by atoms with Crippen LogP contribution in [0.1, 0.15) is 12.0 Å². The van der Waals surface area contributed by atoms with Crippen LogP contribution in [-0.4, -0.2) is 50.9 Å². The lowest BCUT2D eigenvalue weighted by atomic mass is 10.0. The number of thioether (sulfide) groups is 1. The molecule has 1 atom stereocenters. The lowest BCUT2D eigenvalue weighted by molar-refractivity contribution is -0.117. The zero-order chi connectivity index (χ0) is 16.7. The van der Waals surface area contributed by atoms with E-state index in [-0.39, 0.29) is 11.5 Å². The van der Waals surface area contributed by atoms with Crippen LogP contribution in [0.5, 0.6) is 11.5 Å². The molecule has 23 heavy (non-hydrogen) atoms. The minimum absolute atomic E-state index is 0.131. The topological polar surface area (TPSA) is 56.8 Å². The van der Waals surface area contributed by atoms with Gasteiger partial charge in [-0.25, -0.2) is 0 Å². The normalized spacial score (nSPS) is 20.7. The van der Waals surface area contributed by atoms with E-state index in [1.807, 2.05) is 30.0 Å². The van der Waals surface area contributed by atoms with Gasteiger partial charge in [-0.3, -0.25) is 4.79 Å². The fourth-order valence-corrected chi connectivity index (χ4v) is 3.79. The summed E-state index contributed by atoms with van der Waals surface area (Å²) >= 11 is 1.85. The maximum Gasteiger partial charge on any atom is 0.244 e. The molecule has 1 fully saturated rings. The number of ether oxygens (including phenoxy) is 3. The van der Waals surface area contributed by atoms with E-state index in [1.165, 1.54) is 6.08 Å². The summed E-state index contributed by atoms with van der Waals surface area (Å²) in [7, 11) is 4.88. The van der Waals surface area contributed by atoms with E-state index in [0.29, 0.717) is 18.0 Å². The van der Waals surface area contributed by atoms with Crippen LogP contribution in [-0.2, 0) is 9.53 Å². The molecule has 0 saturated carbocycles. The Morgan fingerprint density at radius 1 is 1.30 bits per heavy atom. The maximum atomic E-state index is 12.0. The van der Waals surface area contributed by atoms with Crippen molar-refractivity contribution in [1.82, 2.24) is 5.32 Å². The number of methoxy groups -OCH3 is 3. The smallest absolute Gasteiger partial charge is 0.244 e. The highest BCUT2D eigenvalue weighted by molar-refractivity contribution is 7.99. The van der Waals surface area contributed by atoms with E-state index in [9.17, 15) is 4.79 Å². The van der Waals surface area contributed by atoms with Crippen LogP contribution < -0.4 is 14.8 Å². The molecule has 0 spiro atoms. The predicted octanol–water partition coefficient (Wildman–Crippen LogP) is 2.36. The van der Waals surface area contributed by atoms with E-state index >= 15 is 0 Å². The molecule has 1 aliphatic rings. The highest BCUT2D eigenvalue weighted by Gasteiger charge is 2.34. The Balaban J connectivity index is 1.93. The first kappa shape index (κ1) is 17.7. The van der Waals surface area contributed by atoms with Gasteiger partial charge in [0, 0.05) is 25.5 Å². The van der Waals surface area contributed by atoms with E-state index in [4.69, 9.17) is 14.2 Å². The van der Waals surface area contributed by atoms with E-state index in [1.54, 1.807) is 27.4 Å². The average Bonchev–Trinajstić information content (AvgIpc) is 3.07. The van der Waals surface area contributed by atoms with Gasteiger partial charge in [0.05, 0.1) is 19.8 Å². The number of nitrogens with one attached hydrogen (secondary N) is 1. The van der Waals surface area contributed by atoms with Gasteiger partial charge >= 0.3 is 0 Å². The van der Waals surface area contributed by atoms with Gasteiger partial charge in [0.15, 0.2) is 11.5 Å². The molecule has 0 aliphatic carbocycles. The Hall–Kier alpha value is -1.66. The lowest BCUT2D eigenvalue weighted by Crippen LogP contribution is -2.44. The molecular weight excluding hydrogens is 314 g/mol. The third-order valence-corrected chi connectivity index (χ3v) is 5.14. The summed E-state index contributed by atoms with van der Waals surface area (Å²) < 4.78 is 16.0. The van der Waals surface area contributed by atoms with E-state index < -0.39 is 0 Å². The number of benzene rings is 1. The molecule has 126 valence electrons. The number of carbonyl (C=O) groups excluding carboxylic acids is 1. The lowest BCUT2D eigenvalue weighted by Gasteiger charge is -2.26. The predicted molar refractivity (Wildman–Crippen MR) is 93.3 cm³/mol. The Labute approximate surface area is 141 Å². The minimum Gasteiger partial charge on any atom is -0.493 e. The van der Waals surface area contributed by atoms with Crippen LogP contribution in [0, 0.1) is 0 Å². The van der Waals surface area contributed by atoms with Crippen molar-refractivity contribution in [3.05, 3.63) is 29.8 Å². The monoisotopic (exact) mass is 337 g/mol. The standard InChI is InChI=1S/C17H23NO4S/c1-20-14-6-4-13(10-15(14)21-2)5-7-16(19)18-11-17(22-3)8-9-23-12-17/h4-7,10H,8-9,11-12H2,1-3H3,(H,18,19)/b7-5+. The van der Waals surface area contributed by atoms with Crippen LogP contribution in [0.25, 0.3) is 6.08 Å². The number of hydrogen-bond donors (Lipinski definition) is 1. The second kappa shape index (κ2) is 8.26. The molecule has 0 bridgehead atoms. The first-order chi connectivity index (χ1) is 11.1. The largest absolute Gasteiger partial charge is 0.493 e. The van der Waals surface area contributed by atoms with Crippen LogP contribution in [0.2, 0.25) is 0 Å².